The Morgan fingerprint density at radius 3 is 2.40 bits per heavy atom. The number of nitrogens with zero attached hydrogens (tertiary/aromatic N) is 1. The van der Waals surface area contributed by atoms with E-state index >= 15 is 0 Å². The van der Waals surface area contributed by atoms with Crippen LogP contribution in [0.3, 0.4) is 0 Å². The number of nitrogens with one attached hydrogen (secondary N) is 2. The standard InChI is InChI=1S/C23H16Cl3N3O/c24-17-3-1-2-14(10-17)13-27-23(30)16-6-4-15(5-7-16)21-12-22(29-28-21)19-9-8-18(25)11-20(19)26/h1-12H,13H2,(H,27,30)(H,28,29). The molecule has 0 unspecified atom stereocenters. The summed E-state index contributed by atoms with van der Waals surface area (Å²) in [5, 5.41) is 12.0. The lowest BCUT2D eigenvalue weighted by atomic mass is 10.1. The molecule has 1 aromatic heterocycles. The van der Waals surface area contributed by atoms with Crippen LogP contribution >= 0.6 is 34.8 Å². The molecule has 4 aromatic rings. The maximum Gasteiger partial charge on any atom is 0.251 e. The molecule has 2 N–H and O–H groups in total. The van der Waals surface area contributed by atoms with Gasteiger partial charge in [0.1, 0.15) is 0 Å². The first-order valence-corrected chi connectivity index (χ1v) is 10.3. The number of amides is 1. The summed E-state index contributed by atoms with van der Waals surface area (Å²) in [6, 6.07) is 21.9. The molecule has 0 fully saturated rings. The third kappa shape index (κ3) is 4.68. The quantitative estimate of drug-likeness (QED) is 0.354. The van der Waals surface area contributed by atoms with Crippen LogP contribution in [0.5, 0.6) is 0 Å². The lowest BCUT2D eigenvalue weighted by molar-refractivity contribution is 0.0951. The third-order valence-corrected chi connectivity index (χ3v) is 5.37. The van der Waals surface area contributed by atoms with Gasteiger partial charge in [-0.05, 0) is 54.1 Å². The minimum atomic E-state index is -0.155. The Labute approximate surface area is 188 Å². The molecule has 7 heteroatoms. The summed E-state index contributed by atoms with van der Waals surface area (Å²) in [6.45, 7) is 0.408. The first-order chi connectivity index (χ1) is 14.5. The van der Waals surface area contributed by atoms with Crippen LogP contribution < -0.4 is 5.32 Å². The highest BCUT2D eigenvalue weighted by molar-refractivity contribution is 6.36. The van der Waals surface area contributed by atoms with Gasteiger partial charge in [0.15, 0.2) is 0 Å². The van der Waals surface area contributed by atoms with Gasteiger partial charge in [0, 0.05) is 33.3 Å². The van der Waals surface area contributed by atoms with Gasteiger partial charge in [0.25, 0.3) is 5.91 Å². The van der Waals surface area contributed by atoms with Gasteiger partial charge in [0.05, 0.1) is 16.4 Å². The molecule has 0 bridgehead atoms. The van der Waals surface area contributed by atoms with Crippen LogP contribution in [0.2, 0.25) is 15.1 Å². The van der Waals surface area contributed by atoms with Crippen LogP contribution in [0.15, 0.2) is 72.8 Å². The number of hydrogen-bond acceptors (Lipinski definition) is 2. The molecule has 0 aliphatic rings. The minimum absolute atomic E-state index is 0.155. The lowest BCUT2D eigenvalue weighted by Gasteiger charge is -2.06. The number of aromatic nitrogens is 2. The Morgan fingerprint density at radius 1 is 0.900 bits per heavy atom. The smallest absolute Gasteiger partial charge is 0.251 e. The average molecular weight is 457 g/mol. The van der Waals surface area contributed by atoms with Crippen molar-refractivity contribution in [3.63, 3.8) is 0 Å². The molecular weight excluding hydrogens is 441 g/mol. The van der Waals surface area contributed by atoms with Gasteiger partial charge >= 0.3 is 0 Å². The first kappa shape index (κ1) is 20.5. The molecule has 0 aliphatic carbocycles. The number of carbonyl (C=O) groups excluding carboxylic acids is 1. The molecule has 0 spiro atoms. The van der Waals surface area contributed by atoms with Gasteiger partial charge in [-0.25, -0.2) is 0 Å². The van der Waals surface area contributed by atoms with Crippen molar-refractivity contribution >= 4 is 40.7 Å². The highest BCUT2D eigenvalue weighted by atomic mass is 35.5. The molecule has 0 saturated carbocycles. The van der Waals surface area contributed by atoms with Crippen LogP contribution in [-0.2, 0) is 6.54 Å². The van der Waals surface area contributed by atoms with Gasteiger partial charge in [-0.3, -0.25) is 9.89 Å². The summed E-state index contributed by atoms with van der Waals surface area (Å²) in [5.41, 5.74) is 4.75. The predicted molar refractivity (Wildman–Crippen MR) is 122 cm³/mol. The number of rotatable bonds is 5. The van der Waals surface area contributed by atoms with Crippen LogP contribution in [0.25, 0.3) is 22.5 Å². The maximum atomic E-state index is 12.4. The van der Waals surface area contributed by atoms with E-state index in [-0.39, 0.29) is 5.91 Å². The number of benzene rings is 3. The van der Waals surface area contributed by atoms with E-state index in [0.29, 0.717) is 27.2 Å². The number of carbonyl (C=O) groups is 1. The van der Waals surface area contributed by atoms with E-state index in [2.05, 4.69) is 15.5 Å². The summed E-state index contributed by atoms with van der Waals surface area (Å²) in [6.07, 6.45) is 0. The monoisotopic (exact) mass is 455 g/mol. The molecule has 4 rings (SSSR count). The molecule has 0 saturated heterocycles. The van der Waals surface area contributed by atoms with Crippen LogP contribution in [-0.4, -0.2) is 16.1 Å². The second-order valence-corrected chi connectivity index (χ2v) is 7.96. The molecule has 1 heterocycles. The van der Waals surface area contributed by atoms with Crippen molar-refractivity contribution in [2.75, 3.05) is 0 Å². The van der Waals surface area contributed by atoms with Crippen molar-refractivity contribution in [2.45, 2.75) is 6.54 Å². The number of H-pyrrole nitrogens is 1. The zero-order valence-electron chi connectivity index (χ0n) is 15.6. The van der Waals surface area contributed by atoms with Crippen molar-refractivity contribution in [2.24, 2.45) is 0 Å². The molecule has 0 atom stereocenters. The van der Waals surface area contributed by atoms with Crippen molar-refractivity contribution in [1.82, 2.24) is 15.5 Å². The Hall–Kier alpha value is -2.79. The third-order valence-electron chi connectivity index (χ3n) is 4.58. The topological polar surface area (TPSA) is 57.8 Å². The largest absolute Gasteiger partial charge is 0.348 e. The molecule has 4 nitrogen and oxygen atoms in total. The highest BCUT2D eigenvalue weighted by Crippen LogP contribution is 2.31. The number of hydrogen-bond donors (Lipinski definition) is 2. The number of aromatic amines is 1. The van der Waals surface area contributed by atoms with E-state index in [1.165, 1.54) is 0 Å². The molecule has 30 heavy (non-hydrogen) atoms. The van der Waals surface area contributed by atoms with Crippen molar-refractivity contribution in [3.05, 3.63) is 99.0 Å². The van der Waals surface area contributed by atoms with Gasteiger partial charge in [-0.1, -0.05) is 59.1 Å². The molecule has 150 valence electrons. The van der Waals surface area contributed by atoms with E-state index < -0.39 is 0 Å². The van der Waals surface area contributed by atoms with E-state index in [1.807, 2.05) is 42.5 Å². The fourth-order valence-corrected chi connectivity index (χ4v) is 3.76. The Bertz CT molecular complexity index is 1200. The predicted octanol–water partition coefficient (Wildman–Crippen LogP) is 6.63. The number of halogens is 3. The second kappa shape index (κ2) is 8.92. The van der Waals surface area contributed by atoms with Crippen LogP contribution in [0.1, 0.15) is 15.9 Å². The van der Waals surface area contributed by atoms with E-state index in [0.717, 1.165) is 28.1 Å². The zero-order valence-corrected chi connectivity index (χ0v) is 17.9. The molecule has 3 aromatic carbocycles. The van der Waals surface area contributed by atoms with Crippen LogP contribution in [0.4, 0.5) is 0 Å². The summed E-state index contributed by atoms with van der Waals surface area (Å²) < 4.78 is 0. The lowest BCUT2D eigenvalue weighted by Crippen LogP contribution is -2.22. The normalized spacial score (nSPS) is 10.8. The fourth-order valence-electron chi connectivity index (χ4n) is 3.04. The van der Waals surface area contributed by atoms with Crippen molar-refractivity contribution in [3.8, 4) is 22.5 Å². The van der Waals surface area contributed by atoms with E-state index in [1.54, 1.807) is 30.3 Å². The van der Waals surface area contributed by atoms with Gasteiger partial charge in [-0.2, -0.15) is 5.10 Å². The van der Waals surface area contributed by atoms with Gasteiger partial charge in [-0.15, -0.1) is 0 Å². The molecule has 1 amide bonds. The molecule has 0 aliphatic heterocycles. The van der Waals surface area contributed by atoms with Gasteiger partial charge < -0.3 is 5.32 Å². The highest BCUT2D eigenvalue weighted by Gasteiger charge is 2.11. The fraction of sp³-hybridized carbons (Fsp3) is 0.0435. The Balaban J connectivity index is 1.46. The van der Waals surface area contributed by atoms with Crippen molar-refractivity contribution < 1.29 is 4.79 Å². The zero-order chi connectivity index (χ0) is 21.1. The average Bonchev–Trinajstić information content (AvgIpc) is 3.22. The van der Waals surface area contributed by atoms with E-state index in [4.69, 9.17) is 34.8 Å². The molecular formula is C23H16Cl3N3O. The summed E-state index contributed by atoms with van der Waals surface area (Å²) in [4.78, 5) is 12.4. The van der Waals surface area contributed by atoms with Gasteiger partial charge in [0.2, 0.25) is 0 Å². The summed E-state index contributed by atoms with van der Waals surface area (Å²) in [5.74, 6) is -0.155. The SMILES string of the molecule is O=C(NCc1cccc(Cl)c1)c1ccc(-c2cc(-c3ccc(Cl)cc3Cl)[nH]n2)cc1. The van der Waals surface area contributed by atoms with E-state index in [9.17, 15) is 4.79 Å². The Morgan fingerprint density at radius 2 is 1.67 bits per heavy atom. The Kier molecular flexibility index (Phi) is 6.09. The maximum absolute atomic E-state index is 12.4. The summed E-state index contributed by atoms with van der Waals surface area (Å²) >= 11 is 18.2. The minimum Gasteiger partial charge on any atom is -0.348 e. The second-order valence-electron chi connectivity index (χ2n) is 6.68. The summed E-state index contributed by atoms with van der Waals surface area (Å²) in [7, 11) is 0. The van der Waals surface area contributed by atoms with Crippen molar-refractivity contribution in [1.29, 1.82) is 0 Å². The molecule has 0 radical (unpaired) electrons. The first-order valence-electron chi connectivity index (χ1n) is 9.13. The van der Waals surface area contributed by atoms with Crippen LogP contribution in [0, 0.1) is 0 Å².